The van der Waals surface area contributed by atoms with Crippen LogP contribution in [0.1, 0.15) is 45.2 Å². The maximum atomic E-state index is 13.5. The maximum Gasteiger partial charge on any atom is 0.410 e. The first-order valence-electron chi connectivity index (χ1n) is 11.4. The minimum Gasteiger partial charge on any atom is -0.444 e. The Hall–Kier alpha value is -2.67. The second-order valence-electron chi connectivity index (χ2n) is 9.49. The van der Waals surface area contributed by atoms with Gasteiger partial charge in [-0.1, -0.05) is 12.1 Å². The molecule has 0 unspecified atom stereocenters. The standard InChI is InChI=1S/C25H32FN3O3/c1-25(2,3)32-24(30)29-12-10-28(11-13-29)23-17-20(18-4-6-21(26)7-5-18)16-22(27-23)19-8-14-31-15-9-19/h4-7,16-17,19H,8-15H2,1-3H3. The molecule has 6 nitrogen and oxygen atoms in total. The van der Waals surface area contributed by atoms with E-state index < -0.39 is 5.60 Å². The molecule has 7 heteroatoms. The molecule has 0 spiro atoms. The lowest BCUT2D eigenvalue weighted by Crippen LogP contribution is -2.50. The molecule has 0 radical (unpaired) electrons. The topological polar surface area (TPSA) is 54.9 Å². The largest absolute Gasteiger partial charge is 0.444 e. The fourth-order valence-electron chi connectivity index (χ4n) is 4.15. The average molecular weight is 442 g/mol. The highest BCUT2D eigenvalue weighted by molar-refractivity contribution is 5.70. The Kier molecular flexibility index (Phi) is 6.65. The lowest BCUT2D eigenvalue weighted by atomic mass is 9.93. The van der Waals surface area contributed by atoms with Gasteiger partial charge >= 0.3 is 6.09 Å². The van der Waals surface area contributed by atoms with Crippen molar-refractivity contribution in [3.05, 3.63) is 47.9 Å². The number of rotatable bonds is 3. The second-order valence-corrected chi connectivity index (χ2v) is 9.49. The molecular formula is C25H32FN3O3. The summed E-state index contributed by atoms with van der Waals surface area (Å²) in [5.41, 5.74) is 2.55. The van der Waals surface area contributed by atoms with Crippen LogP contribution < -0.4 is 4.90 Å². The molecule has 4 rings (SSSR count). The van der Waals surface area contributed by atoms with Crippen LogP contribution in [-0.4, -0.2) is 61.0 Å². The van der Waals surface area contributed by atoms with Gasteiger partial charge in [0.1, 0.15) is 17.2 Å². The molecule has 1 aromatic carbocycles. The summed E-state index contributed by atoms with van der Waals surface area (Å²) in [5, 5.41) is 0. The fraction of sp³-hybridized carbons (Fsp3) is 0.520. The molecular weight excluding hydrogens is 409 g/mol. The molecule has 32 heavy (non-hydrogen) atoms. The lowest BCUT2D eigenvalue weighted by Gasteiger charge is -2.36. The molecule has 0 atom stereocenters. The van der Waals surface area contributed by atoms with Gasteiger partial charge in [-0.2, -0.15) is 0 Å². The van der Waals surface area contributed by atoms with Gasteiger partial charge in [0, 0.05) is 51.0 Å². The van der Waals surface area contributed by atoms with Crippen LogP contribution >= 0.6 is 0 Å². The summed E-state index contributed by atoms with van der Waals surface area (Å²) in [7, 11) is 0. The highest BCUT2D eigenvalue weighted by Gasteiger charge is 2.27. The van der Waals surface area contributed by atoms with Gasteiger partial charge in [-0.25, -0.2) is 14.2 Å². The molecule has 2 aliphatic heterocycles. The van der Waals surface area contributed by atoms with E-state index in [2.05, 4.69) is 17.0 Å². The molecule has 0 bridgehead atoms. The number of pyridine rings is 1. The van der Waals surface area contributed by atoms with Crippen LogP contribution in [0.25, 0.3) is 11.1 Å². The zero-order chi connectivity index (χ0) is 22.7. The zero-order valence-electron chi connectivity index (χ0n) is 19.1. The Morgan fingerprint density at radius 3 is 2.31 bits per heavy atom. The van der Waals surface area contributed by atoms with Crippen LogP contribution in [0.15, 0.2) is 36.4 Å². The monoisotopic (exact) mass is 441 g/mol. The number of hydrogen-bond donors (Lipinski definition) is 0. The summed E-state index contributed by atoms with van der Waals surface area (Å²) >= 11 is 0. The Bertz CT molecular complexity index is 928. The molecule has 0 aliphatic carbocycles. The normalized spacial score (nSPS) is 18.0. The number of aromatic nitrogens is 1. The second kappa shape index (κ2) is 9.45. The molecule has 2 fully saturated rings. The number of halogens is 1. The Morgan fingerprint density at radius 2 is 1.69 bits per heavy atom. The fourth-order valence-corrected chi connectivity index (χ4v) is 4.15. The highest BCUT2D eigenvalue weighted by Crippen LogP contribution is 2.32. The molecule has 2 aromatic rings. The van der Waals surface area contributed by atoms with Crippen LogP contribution in [0.2, 0.25) is 0 Å². The minimum atomic E-state index is -0.502. The van der Waals surface area contributed by atoms with Crippen LogP contribution in [0.5, 0.6) is 0 Å². The number of piperazine rings is 1. The van der Waals surface area contributed by atoms with E-state index in [-0.39, 0.29) is 11.9 Å². The number of hydrogen-bond acceptors (Lipinski definition) is 5. The first-order chi connectivity index (χ1) is 15.3. The third-order valence-electron chi connectivity index (χ3n) is 5.90. The van der Waals surface area contributed by atoms with Crippen molar-refractivity contribution in [3.63, 3.8) is 0 Å². The Morgan fingerprint density at radius 1 is 1.03 bits per heavy atom. The summed E-state index contributed by atoms with van der Waals surface area (Å²) in [4.78, 5) is 21.4. The summed E-state index contributed by atoms with van der Waals surface area (Å²) in [6.45, 7) is 9.68. The van der Waals surface area contributed by atoms with E-state index >= 15 is 0 Å². The first kappa shape index (κ1) is 22.5. The van der Waals surface area contributed by atoms with Gasteiger partial charge in [0.05, 0.1) is 0 Å². The zero-order valence-corrected chi connectivity index (χ0v) is 19.1. The van der Waals surface area contributed by atoms with Gasteiger partial charge in [0.2, 0.25) is 0 Å². The van der Waals surface area contributed by atoms with E-state index in [0.717, 1.165) is 48.7 Å². The van der Waals surface area contributed by atoms with Gasteiger partial charge in [-0.15, -0.1) is 0 Å². The third-order valence-corrected chi connectivity index (χ3v) is 5.90. The Labute approximate surface area is 189 Å². The third kappa shape index (κ3) is 5.57. The van der Waals surface area contributed by atoms with Crippen molar-refractivity contribution in [3.8, 4) is 11.1 Å². The highest BCUT2D eigenvalue weighted by atomic mass is 19.1. The summed E-state index contributed by atoms with van der Waals surface area (Å²) in [6, 6.07) is 10.8. The lowest BCUT2D eigenvalue weighted by molar-refractivity contribution is 0.0240. The van der Waals surface area contributed by atoms with E-state index in [4.69, 9.17) is 14.5 Å². The van der Waals surface area contributed by atoms with E-state index in [1.807, 2.05) is 32.9 Å². The van der Waals surface area contributed by atoms with Gasteiger partial charge in [-0.3, -0.25) is 0 Å². The van der Waals surface area contributed by atoms with Gasteiger partial charge in [0.25, 0.3) is 0 Å². The van der Waals surface area contributed by atoms with Crippen molar-refractivity contribution >= 4 is 11.9 Å². The molecule has 1 amide bonds. The average Bonchev–Trinajstić information content (AvgIpc) is 2.79. The maximum absolute atomic E-state index is 13.5. The number of benzene rings is 1. The molecule has 0 N–H and O–H groups in total. The van der Waals surface area contributed by atoms with E-state index in [9.17, 15) is 9.18 Å². The molecule has 0 saturated carbocycles. The number of carbonyl (C=O) groups excluding carboxylic acids is 1. The van der Waals surface area contributed by atoms with Gasteiger partial charge in [-0.05, 0) is 69.0 Å². The summed E-state index contributed by atoms with van der Waals surface area (Å²) in [5.74, 6) is 1.01. The SMILES string of the molecule is CC(C)(C)OC(=O)N1CCN(c2cc(-c3ccc(F)cc3)cc(C3CCOCC3)n2)CC1. The van der Waals surface area contributed by atoms with Gasteiger partial charge in [0.15, 0.2) is 0 Å². The Balaban J connectivity index is 1.55. The number of anilines is 1. The van der Waals surface area contributed by atoms with Crippen molar-refractivity contribution < 1.29 is 18.7 Å². The molecule has 2 aliphatic rings. The number of amides is 1. The quantitative estimate of drug-likeness (QED) is 0.682. The minimum absolute atomic E-state index is 0.244. The van der Waals surface area contributed by atoms with Crippen LogP contribution in [0, 0.1) is 5.82 Å². The number of carbonyl (C=O) groups is 1. The molecule has 1 aromatic heterocycles. The van der Waals surface area contributed by atoms with Crippen molar-refractivity contribution in [2.45, 2.75) is 45.1 Å². The van der Waals surface area contributed by atoms with E-state index in [1.54, 1.807) is 4.90 Å². The van der Waals surface area contributed by atoms with Crippen LogP contribution in [0.3, 0.4) is 0 Å². The van der Waals surface area contributed by atoms with Crippen molar-refractivity contribution in [1.29, 1.82) is 0 Å². The molecule has 2 saturated heterocycles. The van der Waals surface area contributed by atoms with Crippen molar-refractivity contribution in [2.75, 3.05) is 44.3 Å². The van der Waals surface area contributed by atoms with Crippen LogP contribution in [0.4, 0.5) is 15.0 Å². The number of nitrogens with zero attached hydrogens (tertiary/aromatic N) is 3. The number of ether oxygens (including phenoxy) is 2. The summed E-state index contributed by atoms with van der Waals surface area (Å²) < 4.78 is 24.5. The predicted octanol–water partition coefficient (Wildman–Crippen LogP) is 4.84. The first-order valence-corrected chi connectivity index (χ1v) is 11.4. The van der Waals surface area contributed by atoms with Crippen molar-refractivity contribution in [2.24, 2.45) is 0 Å². The summed E-state index contributed by atoms with van der Waals surface area (Å²) in [6.07, 6.45) is 1.63. The smallest absolute Gasteiger partial charge is 0.410 e. The van der Waals surface area contributed by atoms with Gasteiger partial charge < -0.3 is 19.3 Å². The molecule has 172 valence electrons. The van der Waals surface area contributed by atoms with E-state index in [0.29, 0.717) is 32.1 Å². The van der Waals surface area contributed by atoms with Crippen molar-refractivity contribution in [1.82, 2.24) is 9.88 Å². The van der Waals surface area contributed by atoms with Crippen LogP contribution in [-0.2, 0) is 9.47 Å². The molecule has 3 heterocycles. The predicted molar refractivity (Wildman–Crippen MR) is 122 cm³/mol. The van der Waals surface area contributed by atoms with E-state index in [1.165, 1.54) is 12.1 Å².